The molecule has 7 heteroatoms. The Bertz CT molecular complexity index is 895. The summed E-state index contributed by atoms with van der Waals surface area (Å²) in [6, 6.07) is 17.7. The fourth-order valence-electron chi connectivity index (χ4n) is 2.63. The second kappa shape index (κ2) is 9.96. The fraction of sp³-hybridized carbons (Fsp3) is 0.238. The molecule has 0 spiro atoms. The molecule has 0 radical (unpaired) electrons. The number of nitrogens with one attached hydrogen (secondary N) is 2. The van der Waals surface area contributed by atoms with E-state index in [0.717, 1.165) is 33.4 Å². The Kier molecular flexibility index (Phi) is 7.11. The number of rotatable bonds is 9. The molecule has 6 nitrogen and oxygen atoms in total. The molecule has 0 aliphatic rings. The minimum atomic E-state index is -0.0462. The number of thioether (sulfide) groups is 1. The summed E-state index contributed by atoms with van der Waals surface area (Å²) < 4.78 is 10.2. The molecule has 3 aromatic rings. The standard InChI is InChI=1S/C21H23N3O3S/c1-26-13-12-22-18(25)14-28-21-19(15-6-4-3-5-7-15)23-20(24-21)16-8-10-17(27-2)11-9-16/h3-11H,12-14H2,1-2H3,(H,22,25)(H,23,24). The van der Waals surface area contributed by atoms with Gasteiger partial charge in [0.1, 0.15) is 16.6 Å². The highest BCUT2D eigenvalue weighted by Crippen LogP contribution is 2.32. The third-order valence-electron chi connectivity index (χ3n) is 4.06. The molecule has 0 saturated heterocycles. The van der Waals surface area contributed by atoms with Gasteiger partial charge in [0.25, 0.3) is 0 Å². The number of benzene rings is 2. The molecule has 0 unspecified atom stereocenters. The zero-order valence-corrected chi connectivity index (χ0v) is 16.7. The molecule has 0 fully saturated rings. The van der Waals surface area contributed by atoms with Crippen molar-refractivity contribution in [3.8, 4) is 28.4 Å². The summed E-state index contributed by atoms with van der Waals surface area (Å²) in [7, 11) is 3.25. The average molecular weight is 398 g/mol. The van der Waals surface area contributed by atoms with Gasteiger partial charge in [-0.15, -0.1) is 0 Å². The lowest BCUT2D eigenvalue weighted by atomic mass is 10.2. The Morgan fingerprint density at radius 1 is 1.07 bits per heavy atom. The number of methoxy groups -OCH3 is 2. The van der Waals surface area contributed by atoms with E-state index in [0.29, 0.717) is 13.2 Å². The van der Waals surface area contributed by atoms with Gasteiger partial charge in [0.2, 0.25) is 5.91 Å². The van der Waals surface area contributed by atoms with Crippen molar-refractivity contribution in [3.63, 3.8) is 0 Å². The monoisotopic (exact) mass is 397 g/mol. The highest BCUT2D eigenvalue weighted by Gasteiger charge is 2.15. The summed E-state index contributed by atoms with van der Waals surface area (Å²) in [6.45, 7) is 0.995. The van der Waals surface area contributed by atoms with Gasteiger partial charge < -0.3 is 19.8 Å². The lowest BCUT2D eigenvalue weighted by Crippen LogP contribution is -2.28. The first-order valence-electron chi connectivity index (χ1n) is 8.89. The van der Waals surface area contributed by atoms with Crippen LogP contribution in [0.2, 0.25) is 0 Å². The SMILES string of the molecule is COCCNC(=O)CSc1nc(-c2ccc(OC)cc2)[nH]c1-c1ccccc1. The molecule has 0 atom stereocenters. The van der Waals surface area contributed by atoms with Crippen LogP contribution in [-0.2, 0) is 9.53 Å². The Hall–Kier alpha value is -2.77. The average Bonchev–Trinajstić information content (AvgIpc) is 3.17. The first-order valence-corrected chi connectivity index (χ1v) is 9.88. The molecule has 1 heterocycles. The molecule has 3 rings (SSSR count). The van der Waals surface area contributed by atoms with E-state index >= 15 is 0 Å². The molecule has 1 amide bonds. The second-order valence-corrected chi connectivity index (χ2v) is 6.96. The number of hydrogen-bond donors (Lipinski definition) is 2. The number of H-pyrrole nitrogens is 1. The van der Waals surface area contributed by atoms with E-state index in [1.54, 1.807) is 14.2 Å². The third kappa shape index (κ3) is 5.15. The molecule has 28 heavy (non-hydrogen) atoms. The number of carbonyl (C=O) groups excluding carboxylic acids is 1. The van der Waals surface area contributed by atoms with Gasteiger partial charge in [0, 0.05) is 24.8 Å². The molecule has 0 aliphatic heterocycles. The Morgan fingerprint density at radius 2 is 1.82 bits per heavy atom. The maximum absolute atomic E-state index is 12.0. The highest BCUT2D eigenvalue weighted by atomic mass is 32.2. The summed E-state index contributed by atoms with van der Waals surface area (Å²) in [6.07, 6.45) is 0. The Balaban J connectivity index is 1.82. The normalized spacial score (nSPS) is 10.6. The van der Waals surface area contributed by atoms with Crippen molar-refractivity contribution < 1.29 is 14.3 Å². The Labute approximate surface area is 168 Å². The summed E-state index contributed by atoms with van der Waals surface area (Å²) in [5.41, 5.74) is 2.88. The van der Waals surface area contributed by atoms with Crippen molar-refractivity contribution in [2.45, 2.75) is 5.03 Å². The molecule has 0 bridgehead atoms. The fourth-order valence-corrected chi connectivity index (χ4v) is 3.46. The largest absolute Gasteiger partial charge is 0.497 e. The molecule has 0 aliphatic carbocycles. The molecule has 0 saturated carbocycles. The van der Waals surface area contributed by atoms with Crippen LogP contribution in [0.4, 0.5) is 0 Å². The first-order chi connectivity index (χ1) is 13.7. The Morgan fingerprint density at radius 3 is 2.50 bits per heavy atom. The van der Waals surface area contributed by atoms with Gasteiger partial charge in [-0.25, -0.2) is 4.98 Å². The van der Waals surface area contributed by atoms with Crippen LogP contribution in [0.5, 0.6) is 5.75 Å². The van der Waals surface area contributed by atoms with Crippen LogP contribution in [-0.4, -0.2) is 49.0 Å². The van der Waals surface area contributed by atoms with Gasteiger partial charge in [-0.05, 0) is 24.3 Å². The lowest BCUT2D eigenvalue weighted by molar-refractivity contribution is -0.118. The predicted molar refractivity (Wildman–Crippen MR) is 112 cm³/mol. The topological polar surface area (TPSA) is 76.2 Å². The molecule has 1 aromatic heterocycles. The maximum Gasteiger partial charge on any atom is 0.230 e. The number of carbonyl (C=O) groups is 1. The number of aromatic nitrogens is 2. The number of aromatic amines is 1. The maximum atomic E-state index is 12.0. The molecular formula is C21H23N3O3S. The molecule has 2 N–H and O–H groups in total. The molecule has 146 valence electrons. The van der Waals surface area contributed by atoms with Crippen LogP contribution in [0.1, 0.15) is 0 Å². The molecular weight excluding hydrogens is 374 g/mol. The smallest absolute Gasteiger partial charge is 0.230 e. The second-order valence-electron chi connectivity index (χ2n) is 5.99. The minimum Gasteiger partial charge on any atom is -0.497 e. The van der Waals surface area contributed by atoms with Crippen molar-refractivity contribution in [2.24, 2.45) is 0 Å². The van der Waals surface area contributed by atoms with Crippen LogP contribution in [0.15, 0.2) is 59.6 Å². The van der Waals surface area contributed by atoms with E-state index in [-0.39, 0.29) is 11.7 Å². The lowest BCUT2D eigenvalue weighted by Gasteiger charge is -2.04. The van der Waals surface area contributed by atoms with Gasteiger partial charge in [0.05, 0.1) is 25.2 Å². The first kappa shape index (κ1) is 20.0. The van der Waals surface area contributed by atoms with Crippen molar-refractivity contribution in [3.05, 3.63) is 54.6 Å². The quantitative estimate of drug-likeness (QED) is 0.426. The van der Waals surface area contributed by atoms with Crippen molar-refractivity contribution in [2.75, 3.05) is 33.1 Å². The minimum absolute atomic E-state index is 0.0462. The van der Waals surface area contributed by atoms with Crippen LogP contribution < -0.4 is 10.1 Å². The predicted octanol–water partition coefficient (Wildman–Crippen LogP) is 3.61. The van der Waals surface area contributed by atoms with Crippen LogP contribution in [0.3, 0.4) is 0 Å². The van der Waals surface area contributed by atoms with Gasteiger partial charge in [-0.2, -0.15) is 0 Å². The number of ether oxygens (including phenoxy) is 2. The summed E-state index contributed by atoms with van der Waals surface area (Å²) >= 11 is 1.41. The summed E-state index contributed by atoms with van der Waals surface area (Å²) in [5.74, 6) is 1.79. The van der Waals surface area contributed by atoms with Crippen LogP contribution >= 0.6 is 11.8 Å². The molecule has 2 aromatic carbocycles. The van der Waals surface area contributed by atoms with E-state index in [9.17, 15) is 4.79 Å². The summed E-state index contributed by atoms with van der Waals surface area (Å²) in [4.78, 5) is 20.2. The number of hydrogen-bond acceptors (Lipinski definition) is 5. The number of imidazole rings is 1. The van der Waals surface area contributed by atoms with E-state index in [1.165, 1.54) is 11.8 Å². The zero-order valence-electron chi connectivity index (χ0n) is 15.9. The van der Waals surface area contributed by atoms with Crippen molar-refractivity contribution in [1.82, 2.24) is 15.3 Å². The van der Waals surface area contributed by atoms with E-state index in [4.69, 9.17) is 14.5 Å². The van der Waals surface area contributed by atoms with Gasteiger partial charge in [-0.1, -0.05) is 42.1 Å². The highest BCUT2D eigenvalue weighted by molar-refractivity contribution is 8.00. The van der Waals surface area contributed by atoms with Crippen molar-refractivity contribution in [1.29, 1.82) is 0 Å². The van der Waals surface area contributed by atoms with E-state index < -0.39 is 0 Å². The van der Waals surface area contributed by atoms with Gasteiger partial charge in [0.15, 0.2) is 0 Å². The van der Waals surface area contributed by atoms with Gasteiger partial charge >= 0.3 is 0 Å². The third-order valence-corrected chi connectivity index (χ3v) is 5.04. The van der Waals surface area contributed by atoms with Crippen molar-refractivity contribution >= 4 is 17.7 Å². The zero-order chi connectivity index (χ0) is 19.8. The van der Waals surface area contributed by atoms with Gasteiger partial charge in [-0.3, -0.25) is 4.79 Å². The number of nitrogens with zero attached hydrogens (tertiary/aromatic N) is 1. The van der Waals surface area contributed by atoms with E-state index in [2.05, 4.69) is 10.3 Å². The number of amides is 1. The van der Waals surface area contributed by atoms with Crippen LogP contribution in [0.25, 0.3) is 22.6 Å². The summed E-state index contributed by atoms with van der Waals surface area (Å²) in [5, 5.41) is 3.62. The van der Waals surface area contributed by atoms with Crippen LogP contribution in [0, 0.1) is 0 Å². The van der Waals surface area contributed by atoms with E-state index in [1.807, 2.05) is 54.6 Å².